The Hall–Kier alpha value is -2.39. The van der Waals surface area contributed by atoms with Crippen molar-refractivity contribution < 1.29 is 24.5 Å². The predicted octanol–water partition coefficient (Wildman–Crippen LogP) is 3.97. The number of ether oxygens (including phenoxy) is 1. The number of hydrogen-bond acceptors (Lipinski definition) is 3. The van der Waals surface area contributed by atoms with Gasteiger partial charge >= 0.3 is 11.9 Å². The summed E-state index contributed by atoms with van der Waals surface area (Å²) in [6.07, 6.45) is 0. The normalized spacial score (nSPS) is 11.9. The largest absolute Gasteiger partial charge is 0.478 e. The van der Waals surface area contributed by atoms with E-state index in [2.05, 4.69) is 39.3 Å². The molecule has 0 spiro atoms. The van der Waals surface area contributed by atoms with Gasteiger partial charge in [0.25, 0.3) is 0 Å². The van der Waals surface area contributed by atoms with Gasteiger partial charge in [-0.3, -0.25) is 0 Å². The van der Waals surface area contributed by atoms with Gasteiger partial charge in [-0.05, 0) is 46.8 Å². The summed E-state index contributed by atoms with van der Waals surface area (Å²) in [7, 11) is -3.77. The fourth-order valence-electron chi connectivity index (χ4n) is 2.92. The molecule has 0 aliphatic heterocycles. The van der Waals surface area contributed by atoms with Crippen LogP contribution in [-0.2, 0) is 0 Å². The lowest BCUT2D eigenvalue weighted by atomic mass is 10.2. The molecule has 0 heterocycles. The molecule has 0 saturated carbocycles. The van der Waals surface area contributed by atoms with Gasteiger partial charge in [-0.2, -0.15) is 0 Å². The van der Waals surface area contributed by atoms with Crippen molar-refractivity contribution in [1.29, 1.82) is 0 Å². The summed E-state index contributed by atoms with van der Waals surface area (Å²) in [4.78, 5) is 23.0. The summed E-state index contributed by atoms with van der Waals surface area (Å²) in [5.74, 6) is -0.763. The summed E-state index contributed by atoms with van der Waals surface area (Å²) in [5, 5.41) is 20.5. The zero-order chi connectivity index (χ0) is 20.6. The van der Waals surface area contributed by atoms with E-state index in [4.69, 9.17) is 4.74 Å². The fraction of sp³-hybridized carbons (Fsp3) is 0.300. The first kappa shape index (κ1) is 20.9. The minimum Gasteiger partial charge on any atom is -0.478 e. The Morgan fingerprint density at radius 2 is 1.04 bits per heavy atom. The summed E-state index contributed by atoms with van der Waals surface area (Å²) in [5.41, 5.74) is 0.621. The Balaban J connectivity index is 2.49. The van der Waals surface area contributed by atoms with Crippen molar-refractivity contribution in [3.63, 3.8) is 0 Å². The molecule has 7 heteroatoms. The van der Waals surface area contributed by atoms with Gasteiger partial charge in [-0.1, -0.05) is 39.3 Å². The minimum absolute atomic E-state index is 0.311. The van der Waals surface area contributed by atoms with Crippen LogP contribution in [0.5, 0.6) is 11.5 Å². The minimum atomic E-state index is -1.89. The quantitative estimate of drug-likeness (QED) is 0.715. The van der Waals surface area contributed by atoms with Gasteiger partial charge in [0.05, 0.1) is 27.3 Å². The van der Waals surface area contributed by atoms with Gasteiger partial charge in [0.2, 0.25) is 0 Å². The first-order valence-electron chi connectivity index (χ1n) is 8.74. The van der Waals surface area contributed by atoms with Gasteiger partial charge in [-0.25, -0.2) is 9.59 Å². The number of rotatable bonds is 6. The van der Waals surface area contributed by atoms with Crippen LogP contribution in [-0.4, -0.2) is 38.3 Å². The molecule has 2 aromatic carbocycles. The van der Waals surface area contributed by atoms with Crippen LogP contribution < -0.4 is 15.1 Å². The van der Waals surface area contributed by atoms with Crippen LogP contribution in [0.15, 0.2) is 36.4 Å². The van der Waals surface area contributed by atoms with Crippen LogP contribution in [0.4, 0.5) is 0 Å². The summed E-state index contributed by atoms with van der Waals surface area (Å²) in [6.45, 7) is 12.5. The van der Waals surface area contributed by atoms with Crippen molar-refractivity contribution in [2.24, 2.45) is 0 Å². The highest BCUT2D eigenvalue weighted by molar-refractivity contribution is 6.90. The third kappa shape index (κ3) is 4.87. The lowest BCUT2D eigenvalue weighted by molar-refractivity contribution is 0.0687. The van der Waals surface area contributed by atoms with Gasteiger partial charge in [0.1, 0.15) is 11.5 Å². The molecule has 0 unspecified atom stereocenters. The average molecular weight is 403 g/mol. The molecule has 0 fully saturated rings. The molecule has 27 heavy (non-hydrogen) atoms. The number of carboxylic acid groups (broad SMARTS) is 2. The van der Waals surface area contributed by atoms with E-state index in [0.717, 1.165) is 10.4 Å². The van der Waals surface area contributed by atoms with E-state index in [1.54, 1.807) is 36.4 Å². The topological polar surface area (TPSA) is 83.8 Å². The highest BCUT2D eigenvalue weighted by Gasteiger charge is 2.26. The molecule has 0 atom stereocenters. The SMILES string of the molecule is C[Si](C)(C)c1cc(Oc2ccc(C(=O)O)c([Si](C)(C)C)c2)ccc1C(=O)O. The molecule has 0 radical (unpaired) electrons. The Morgan fingerprint density at radius 1 is 0.704 bits per heavy atom. The third-order valence-corrected chi connectivity index (χ3v) is 8.35. The smallest absolute Gasteiger partial charge is 0.335 e. The van der Waals surface area contributed by atoms with Gasteiger partial charge in [0, 0.05) is 0 Å². The van der Waals surface area contributed by atoms with Crippen LogP contribution in [0.1, 0.15) is 20.7 Å². The predicted molar refractivity (Wildman–Crippen MR) is 113 cm³/mol. The molecule has 0 aromatic heterocycles. The Morgan fingerprint density at radius 3 is 1.30 bits per heavy atom. The summed E-state index contributed by atoms with van der Waals surface area (Å²) in [6, 6.07) is 10.1. The number of benzene rings is 2. The lowest BCUT2D eigenvalue weighted by Gasteiger charge is -2.22. The number of hydrogen-bond donors (Lipinski definition) is 2. The van der Waals surface area contributed by atoms with Gasteiger partial charge in [-0.15, -0.1) is 0 Å². The molecule has 0 bridgehead atoms. The number of carboxylic acids is 2. The van der Waals surface area contributed by atoms with Crippen LogP contribution >= 0.6 is 0 Å². The average Bonchev–Trinajstić information content (AvgIpc) is 2.52. The van der Waals surface area contributed by atoms with Crippen molar-refractivity contribution in [3.8, 4) is 11.5 Å². The maximum absolute atomic E-state index is 11.5. The second-order valence-electron chi connectivity index (χ2n) is 8.63. The molecule has 0 aliphatic rings. The zero-order valence-electron chi connectivity index (χ0n) is 16.6. The fourth-order valence-corrected chi connectivity index (χ4v) is 6.07. The molecule has 5 nitrogen and oxygen atoms in total. The second-order valence-corrected chi connectivity index (χ2v) is 18.7. The monoisotopic (exact) mass is 402 g/mol. The van der Waals surface area contributed by atoms with Crippen molar-refractivity contribution >= 4 is 38.5 Å². The molecule has 2 N–H and O–H groups in total. The summed E-state index contributed by atoms with van der Waals surface area (Å²) < 4.78 is 5.98. The lowest BCUT2D eigenvalue weighted by Crippen LogP contribution is -2.41. The number of aromatic carboxylic acids is 2. The van der Waals surface area contributed by atoms with Crippen LogP contribution in [0.25, 0.3) is 0 Å². The van der Waals surface area contributed by atoms with Crippen LogP contribution in [0.3, 0.4) is 0 Å². The van der Waals surface area contributed by atoms with Crippen LogP contribution in [0.2, 0.25) is 39.3 Å². The van der Waals surface area contributed by atoms with Crippen LogP contribution in [0, 0.1) is 0 Å². The maximum atomic E-state index is 11.5. The molecular formula is C20H26O5Si2. The zero-order valence-corrected chi connectivity index (χ0v) is 18.6. The summed E-state index contributed by atoms with van der Waals surface area (Å²) >= 11 is 0. The highest BCUT2D eigenvalue weighted by atomic mass is 28.3. The molecule has 0 amide bonds. The third-order valence-electron chi connectivity index (χ3n) is 4.29. The van der Waals surface area contributed by atoms with E-state index < -0.39 is 28.1 Å². The van der Waals surface area contributed by atoms with E-state index in [9.17, 15) is 19.8 Å². The first-order chi connectivity index (χ1) is 12.3. The highest BCUT2D eigenvalue weighted by Crippen LogP contribution is 2.24. The molecule has 2 rings (SSSR count). The molecule has 144 valence electrons. The number of carbonyl (C=O) groups is 2. The molecular weight excluding hydrogens is 376 g/mol. The van der Waals surface area contributed by atoms with E-state index in [-0.39, 0.29) is 0 Å². The van der Waals surface area contributed by atoms with E-state index in [1.807, 2.05) is 0 Å². The first-order valence-corrected chi connectivity index (χ1v) is 15.7. The Bertz CT molecular complexity index is 819. The molecule has 0 saturated heterocycles. The van der Waals surface area contributed by atoms with E-state index >= 15 is 0 Å². The van der Waals surface area contributed by atoms with Crippen molar-refractivity contribution in [3.05, 3.63) is 47.5 Å². The molecule has 0 aliphatic carbocycles. The Kier molecular flexibility index (Phi) is 5.67. The second kappa shape index (κ2) is 7.32. The standard InChI is InChI=1S/C20H26O5Si2/c1-26(2,3)17-11-13(7-9-15(17)19(21)22)25-14-8-10-16(20(23)24)18(12-14)27(4,5)6/h7-12H,1-6H3,(H,21,22)(H,23,24). The maximum Gasteiger partial charge on any atom is 0.335 e. The van der Waals surface area contributed by atoms with E-state index in [1.165, 1.54) is 0 Å². The van der Waals surface area contributed by atoms with Crippen molar-refractivity contribution in [2.45, 2.75) is 39.3 Å². The molecule has 2 aromatic rings. The van der Waals surface area contributed by atoms with Crippen molar-refractivity contribution in [1.82, 2.24) is 0 Å². The van der Waals surface area contributed by atoms with Gasteiger partial charge < -0.3 is 14.9 Å². The Labute approximate surface area is 161 Å². The van der Waals surface area contributed by atoms with Gasteiger partial charge in [0.15, 0.2) is 0 Å². The van der Waals surface area contributed by atoms with E-state index in [0.29, 0.717) is 22.6 Å². The van der Waals surface area contributed by atoms with Crippen molar-refractivity contribution in [2.75, 3.05) is 0 Å².